The third-order valence-electron chi connectivity index (χ3n) is 0.667. The molecule has 3 N–H and O–H groups in total. The van der Waals surface area contributed by atoms with Crippen molar-refractivity contribution in [2.45, 2.75) is 0 Å². The lowest BCUT2D eigenvalue weighted by atomic mass is 10.6. The Bertz CT molecular complexity index is 164. The van der Waals surface area contributed by atoms with Gasteiger partial charge in [0, 0.05) is 19.3 Å². The molecule has 0 aliphatic heterocycles. The molecular weight excluding hydrogens is 136 g/mol. The summed E-state index contributed by atoms with van der Waals surface area (Å²) in [7, 11) is 1.43. The van der Waals surface area contributed by atoms with Crippen LogP contribution in [0.4, 0.5) is 4.79 Å². The van der Waals surface area contributed by atoms with Gasteiger partial charge in [-0.1, -0.05) is 0 Å². The number of aliphatic carboxylic acids is 1. The van der Waals surface area contributed by atoms with E-state index in [0.717, 1.165) is 12.3 Å². The zero-order valence-corrected chi connectivity index (χ0v) is 5.42. The van der Waals surface area contributed by atoms with E-state index in [1.54, 1.807) is 0 Å². The van der Waals surface area contributed by atoms with E-state index in [4.69, 9.17) is 5.11 Å². The summed E-state index contributed by atoms with van der Waals surface area (Å²) in [5.74, 6) is -1.10. The molecule has 5 nitrogen and oxygen atoms in total. The maximum atomic E-state index is 10.3. The number of hydrogen-bond acceptors (Lipinski definition) is 2. The van der Waals surface area contributed by atoms with Crippen molar-refractivity contribution < 1.29 is 14.7 Å². The predicted octanol–water partition coefficient (Wildman–Crippen LogP) is -0.486. The zero-order valence-electron chi connectivity index (χ0n) is 5.42. The van der Waals surface area contributed by atoms with Gasteiger partial charge in [-0.25, -0.2) is 9.59 Å². The highest BCUT2D eigenvalue weighted by molar-refractivity contribution is 5.81. The molecule has 0 aromatic rings. The van der Waals surface area contributed by atoms with Gasteiger partial charge in [0.1, 0.15) is 0 Å². The summed E-state index contributed by atoms with van der Waals surface area (Å²) in [6.07, 6.45) is 1.87. The highest BCUT2D eigenvalue weighted by atomic mass is 16.4. The van der Waals surface area contributed by atoms with E-state index < -0.39 is 12.0 Å². The standard InChI is InChI=1S/C5H8N2O3/c1-6-5(10)7-3-2-4(8)9/h2-3H,1H3,(H,8,9)(H2,6,7,10)/b3-2+. The van der Waals surface area contributed by atoms with Crippen LogP contribution in [0.1, 0.15) is 0 Å². The molecule has 0 bridgehead atoms. The molecule has 0 aromatic carbocycles. The van der Waals surface area contributed by atoms with Crippen molar-refractivity contribution in [2.24, 2.45) is 0 Å². The van der Waals surface area contributed by atoms with Crippen molar-refractivity contribution in [3.8, 4) is 0 Å². The van der Waals surface area contributed by atoms with E-state index in [2.05, 4.69) is 10.6 Å². The van der Waals surface area contributed by atoms with Gasteiger partial charge in [0.05, 0.1) is 0 Å². The lowest BCUT2D eigenvalue weighted by Gasteiger charge is -1.94. The fourth-order valence-electron chi connectivity index (χ4n) is 0.261. The number of carbonyl (C=O) groups is 2. The Balaban J connectivity index is 3.53. The lowest BCUT2D eigenvalue weighted by molar-refractivity contribution is -0.131. The maximum Gasteiger partial charge on any atom is 0.329 e. The Kier molecular flexibility index (Phi) is 3.70. The van der Waals surface area contributed by atoms with Crippen LogP contribution in [0.25, 0.3) is 0 Å². The van der Waals surface area contributed by atoms with Gasteiger partial charge in [-0.3, -0.25) is 0 Å². The van der Waals surface area contributed by atoms with Crippen molar-refractivity contribution in [2.75, 3.05) is 7.05 Å². The first-order valence-corrected chi connectivity index (χ1v) is 2.54. The van der Waals surface area contributed by atoms with E-state index in [0.29, 0.717) is 0 Å². The summed E-state index contributed by atoms with van der Waals surface area (Å²) in [5, 5.41) is 12.4. The van der Waals surface area contributed by atoms with Crippen molar-refractivity contribution in [1.82, 2.24) is 10.6 Å². The number of amides is 2. The van der Waals surface area contributed by atoms with Gasteiger partial charge in [-0.2, -0.15) is 0 Å². The van der Waals surface area contributed by atoms with Gasteiger partial charge in [0.2, 0.25) is 0 Å². The first-order valence-electron chi connectivity index (χ1n) is 2.54. The minimum Gasteiger partial charge on any atom is -0.478 e. The molecule has 0 saturated carbocycles. The number of hydrogen-bond donors (Lipinski definition) is 3. The van der Waals surface area contributed by atoms with Gasteiger partial charge < -0.3 is 15.7 Å². The van der Waals surface area contributed by atoms with Crippen LogP contribution in [0.2, 0.25) is 0 Å². The molecule has 0 spiro atoms. The van der Waals surface area contributed by atoms with Gasteiger partial charge in [0.15, 0.2) is 0 Å². The van der Waals surface area contributed by atoms with Crippen molar-refractivity contribution in [3.05, 3.63) is 12.3 Å². The molecule has 0 heterocycles. The largest absolute Gasteiger partial charge is 0.478 e. The minimum atomic E-state index is -1.10. The SMILES string of the molecule is CNC(=O)N/C=C/C(=O)O. The summed E-state index contributed by atoms with van der Waals surface area (Å²) >= 11 is 0. The Morgan fingerprint density at radius 3 is 2.50 bits per heavy atom. The second-order valence-corrected chi connectivity index (χ2v) is 1.40. The highest BCUT2D eigenvalue weighted by Gasteiger charge is 1.89. The van der Waals surface area contributed by atoms with E-state index in [-0.39, 0.29) is 0 Å². The number of nitrogens with one attached hydrogen (secondary N) is 2. The summed E-state index contributed by atoms with van der Waals surface area (Å²) in [4.78, 5) is 20.1. The zero-order chi connectivity index (χ0) is 7.98. The minimum absolute atomic E-state index is 0.447. The quantitative estimate of drug-likeness (QED) is 0.458. The number of carboxylic acids is 1. The Labute approximate surface area is 57.7 Å². The smallest absolute Gasteiger partial charge is 0.329 e. The first-order chi connectivity index (χ1) is 4.66. The first kappa shape index (κ1) is 8.48. The summed E-state index contributed by atoms with van der Waals surface area (Å²) in [5.41, 5.74) is 0. The van der Waals surface area contributed by atoms with Gasteiger partial charge in [-0.05, 0) is 0 Å². The van der Waals surface area contributed by atoms with Crippen LogP contribution < -0.4 is 10.6 Å². The van der Waals surface area contributed by atoms with Crippen LogP contribution in [0.15, 0.2) is 12.3 Å². The second kappa shape index (κ2) is 4.37. The van der Waals surface area contributed by atoms with Crippen LogP contribution in [0.3, 0.4) is 0 Å². The van der Waals surface area contributed by atoms with Crippen LogP contribution >= 0.6 is 0 Å². The molecule has 0 atom stereocenters. The second-order valence-electron chi connectivity index (χ2n) is 1.40. The van der Waals surface area contributed by atoms with Crippen LogP contribution in [-0.2, 0) is 4.79 Å². The predicted molar refractivity (Wildman–Crippen MR) is 34.4 cm³/mol. The van der Waals surface area contributed by atoms with Crippen LogP contribution in [0, 0.1) is 0 Å². The molecular formula is C5H8N2O3. The molecule has 0 unspecified atom stereocenters. The molecule has 0 aliphatic carbocycles. The van der Waals surface area contributed by atoms with Gasteiger partial charge in [0.25, 0.3) is 0 Å². The maximum absolute atomic E-state index is 10.3. The number of carboxylic acid groups (broad SMARTS) is 1. The van der Waals surface area contributed by atoms with Crippen LogP contribution in [0.5, 0.6) is 0 Å². The average Bonchev–Trinajstić information content (AvgIpc) is 1.87. The van der Waals surface area contributed by atoms with E-state index >= 15 is 0 Å². The molecule has 0 radical (unpaired) electrons. The molecule has 56 valence electrons. The lowest BCUT2D eigenvalue weighted by Crippen LogP contribution is -2.28. The van der Waals surface area contributed by atoms with Gasteiger partial charge >= 0.3 is 12.0 Å². The van der Waals surface area contributed by atoms with Crippen molar-refractivity contribution >= 4 is 12.0 Å². The van der Waals surface area contributed by atoms with E-state index in [1.165, 1.54) is 7.05 Å². The molecule has 0 saturated heterocycles. The number of rotatable bonds is 2. The number of urea groups is 1. The highest BCUT2D eigenvalue weighted by Crippen LogP contribution is 1.67. The molecule has 5 heteroatoms. The third kappa shape index (κ3) is 4.63. The molecule has 10 heavy (non-hydrogen) atoms. The van der Waals surface area contributed by atoms with Crippen LogP contribution in [-0.4, -0.2) is 24.2 Å². The fourth-order valence-corrected chi connectivity index (χ4v) is 0.261. The summed E-state index contributed by atoms with van der Waals surface area (Å²) in [6, 6.07) is -0.447. The van der Waals surface area contributed by atoms with Crippen molar-refractivity contribution in [1.29, 1.82) is 0 Å². The fraction of sp³-hybridized carbons (Fsp3) is 0.200. The molecule has 0 aliphatic rings. The Morgan fingerprint density at radius 2 is 2.10 bits per heavy atom. The Hall–Kier alpha value is -1.52. The summed E-state index contributed by atoms with van der Waals surface area (Å²) < 4.78 is 0. The summed E-state index contributed by atoms with van der Waals surface area (Å²) in [6.45, 7) is 0. The molecule has 0 rings (SSSR count). The molecule has 0 aromatic heterocycles. The molecule has 0 fully saturated rings. The average molecular weight is 144 g/mol. The van der Waals surface area contributed by atoms with E-state index in [9.17, 15) is 9.59 Å². The normalized spacial score (nSPS) is 9.30. The topological polar surface area (TPSA) is 78.4 Å². The monoisotopic (exact) mass is 144 g/mol. The Morgan fingerprint density at radius 1 is 1.50 bits per heavy atom. The van der Waals surface area contributed by atoms with E-state index in [1.807, 2.05) is 0 Å². The van der Waals surface area contributed by atoms with Gasteiger partial charge in [-0.15, -0.1) is 0 Å². The third-order valence-corrected chi connectivity index (χ3v) is 0.667. The number of carbonyl (C=O) groups excluding carboxylic acids is 1. The van der Waals surface area contributed by atoms with Crippen molar-refractivity contribution in [3.63, 3.8) is 0 Å². The molecule has 2 amide bonds.